The van der Waals surface area contributed by atoms with Gasteiger partial charge in [0, 0.05) is 0 Å². The second kappa shape index (κ2) is 6.28. The van der Waals surface area contributed by atoms with Crippen LogP contribution in [0.25, 0.3) is 0 Å². The summed E-state index contributed by atoms with van der Waals surface area (Å²) in [6.45, 7) is 14.0. The summed E-state index contributed by atoms with van der Waals surface area (Å²) in [5.41, 5.74) is 3.63. The van der Waals surface area contributed by atoms with Gasteiger partial charge in [-0.25, -0.2) is 0 Å². The molecule has 0 spiro atoms. The van der Waals surface area contributed by atoms with E-state index in [1.165, 1.54) is 49.7 Å². The molecule has 0 saturated heterocycles. The average Bonchev–Trinajstić information content (AvgIpc) is 2.88. The molecule has 0 aromatic heterocycles. The van der Waals surface area contributed by atoms with E-state index in [0.29, 0.717) is 10.8 Å². The third-order valence-electron chi connectivity index (χ3n) is 7.08. The van der Waals surface area contributed by atoms with E-state index in [1.807, 2.05) is 6.08 Å². The first kappa shape index (κ1) is 16.8. The van der Waals surface area contributed by atoms with Crippen molar-refractivity contribution in [2.24, 2.45) is 22.7 Å². The number of aliphatic hydroxyl groups excluding tert-OH is 1. The Labute approximate surface area is 131 Å². The zero-order valence-electron chi connectivity index (χ0n) is 14.5. The summed E-state index contributed by atoms with van der Waals surface area (Å²) in [5, 5.41) is 9.07. The van der Waals surface area contributed by atoms with Gasteiger partial charge in [-0.1, -0.05) is 44.1 Å². The monoisotopic (exact) mass is 290 g/mol. The van der Waals surface area contributed by atoms with E-state index >= 15 is 0 Å². The number of fused-ring (bicyclic) bond motifs is 1. The molecule has 4 atom stereocenters. The van der Waals surface area contributed by atoms with Gasteiger partial charge in [-0.15, -0.1) is 0 Å². The fraction of sp³-hybridized carbons (Fsp3) is 0.800. The Morgan fingerprint density at radius 2 is 2.00 bits per heavy atom. The maximum absolute atomic E-state index is 9.07. The Morgan fingerprint density at radius 3 is 2.62 bits per heavy atom. The lowest BCUT2D eigenvalue weighted by molar-refractivity contribution is -0.0265. The van der Waals surface area contributed by atoms with Crippen LogP contribution in [0.4, 0.5) is 0 Å². The Kier molecular flexibility index (Phi) is 5.03. The molecule has 0 radical (unpaired) electrons. The van der Waals surface area contributed by atoms with Crippen molar-refractivity contribution in [1.29, 1.82) is 0 Å². The standard InChI is InChI=1S/C20H34O/c1-15(2)20-11-6-7-18(20)19(5,17(4)9-13-20)12-8-16(3)10-14-21/h10,17-18,21H,1,6-9,11-14H2,2-5H3. The van der Waals surface area contributed by atoms with Crippen LogP contribution in [0.1, 0.15) is 72.6 Å². The van der Waals surface area contributed by atoms with Crippen molar-refractivity contribution in [1.82, 2.24) is 0 Å². The molecule has 0 heterocycles. The molecule has 0 aromatic carbocycles. The number of hydrogen-bond acceptors (Lipinski definition) is 1. The third kappa shape index (κ3) is 2.86. The molecule has 120 valence electrons. The van der Waals surface area contributed by atoms with E-state index in [0.717, 1.165) is 18.3 Å². The Bertz CT molecular complexity index is 422. The van der Waals surface area contributed by atoms with Crippen molar-refractivity contribution in [3.8, 4) is 0 Å². The molecular weight excluding hydrogens is 256 g/mol. The maximum atomic E-state index is 9.07. The molecule has 2 fully saturated rings. The highest BCUT2D eigenvalue weighted by Gasteiger charge is 2.55. The summed E-state index contributed by atoms with van der Waals surface area (Å²) >= 11 is 0. The third-order valence-corrected chi connectivity index (χ3v) is 7.08. The summed E-state index contributed by atoms with van der Waals surface area (Å²) in [4.78, 5) is 0. The van der Waals surface area contributed by atoms with Crippen molar-refractivity contribution >= 4 is 0 Å². The molecule has 0 aromatic rings. The average molecular weight is 290 g/mol. The summed E-state index contributed by atoms with van der Waals surface area (Å²) in [6.07, 6.45) is 11.2. The second-order valence-electron chi connectivity index (χ2n) is 8.06. The molecule has 4 unspecified atom stereocenters. The second-order valence-corrected chi connectivity index (χ2v) is 8.06. The Hall–Kier alpha value is -0.560. The minimum Gasteiger partial charge on any atom is -0.392 e. The van der Waals surface area contributed by atoms with E-state index < -0.39 is 0 Å². The van der Waals surface area contributed by atoms with Gasteiger partial charge in [0.15, 0.2) is 0 Å². The molecule has 21 heavy (non-hydrogen) atoms. The van der Waals surface area contributed by atoms with Crippen LogP contribution in [0.5, 0.6) is 0 Å². The van der Waals surface area contributed by atoms with Crippen LogP contribution in [-0.2, 0) is 0 Å². The fourth-order valence-corrected chi connectivity index (χ4v) is 5.35. The van der Waals surface area contributed by atoms with Gasteiger partial charge >= 0.3 is 0 Å². The molecule has 2 saturated carbocycles. The predicted molar refractivity (Wildman–Crippen MR) is 91.2 cm³/mol. The minimum absolute atomic E-state index is 0.178. The molecule has 2 rings (SSSR count). The van der Waals surface area contributed by atoms with E-state index in [4.69, 9.17) is 5.11 Å². The molecule has 1 N–H and O–H groups in total. The lowest BCUT2D eigenvalue weighted by Crippen LogP contribution is -2.47. The van der Waals surface area contributed by atoms with Gasteiger partial charge in [0.1, 0.15) is 0 Å². The first-order valence-electron chi connectivity index (χ1n) is 8.79. The van der Waals surface area contributed by atoms with Gasteiger partial charge in [-0.3, -0.25) is 0 Å². The van der Waals surface area contributed by atoms with Crippen molar-refractivity contribution in [3.05, 3.63) is 23.8 Å². The van der Waals surface area contributed by atoms with E-state index in [-0.39, 0.29) is 6.61 Å². The zero-order valence-corrected chi connectivity index (χ0v) is 14.5. The summed E-state index contributed by atoms with van der Waals surface area (Å²) in [5.74, 6) is 1.61. The van der Waals surface area contributed by atoms with Crippen molar-refractivity contribution in [3.63, 3.8) is 0 Å². The lowest BCUT2D eigenvalue weighted by Gasteiger charge is -2.55. The van der Waals surface area contributed by atoms with Crippen LogP contribution in [0.15, 0.2) is 23.8 Å². The van der Waals surface area contributed by atoms with E-state index in [2.05, 4.69) is 34.3 Å². The van der Waals surface area contributed by atoms with Crippen molar-refractivity contribution in [2.45, 2.75) is 72.6 Å². The van der Waals surface area contributed by atoms with E-state index in [1.54, 1.807) is 0 Å². The predicted octanol–water partition coefficient (Wildman–Crippen LogP) is 5.50. The molecule has 0 aliphatic heterocycles. The van der Waals surface area contributed by atoms with Gasteiger partial charge < -0.3 is 5.11 Å². The summed E-state index contributed by atoms with van der Waals surface area (Å²) < 4.78 is 0. The number of hydrogen-bond donors (Lipinski definition) is 1. The molecule has 2 aliphatic carbocycles. The van der Waals surface area contributed by atoms with Gasteiger partial charge in [0.2, 0.25) is 0 Å². The summed E-state index contributed by atoms with van der Waals surface area (Å²) in [7, 11) is 0. The van der Waals surface area contributed by atoms with Crippen molar-refractivity contribution < 1.29 is 5.11 Å². The molecular formula is C20H34O. The highest BCUT2D eigenvalue weighted by Crippen LogP contribution is 2.65. The molecule has 0 bridgehead atoms. The topological polar surface area (TPSA) is 20.2 Å². The normalized spacial score (nSPS) is 40.1. The quantitative estimate of drug-likeness (QED) is 0.662. The summed E-state index contributed by atoms with van der Waals surface area (Å²) in [6, 6.07) is 0. The minimum atomic E-state index is 0.178. The molecule has 1 nitrogen and oxygen atoms in total. The van der Waals surface area contributed by atoms with Crippen LogP contribution in [-0.4, -0.2) is 11.7 Å². The lowest BCUT2D eigenvalue weighted by atomic mass is 9.50. The number of allylic oxidation sites excluding steroid dienone is 2. The van der Waals surface area contributed by atoms with Crippen LogP contribution in [0.2, 0.25) is 0 Å². The molecule has 0 amide bonds. The largest absolute Gasteiger partial charge is 0.392 e. The van der Waals surface area contributed by atoms with Crippen LogP contribution >= 0.6 is 0 Å². The van der Waals surface area contributed by atoms with Gasteiger partial charge in [0.05, 0.1) is 6.61 Å². The van der Waals surface area contributed by atoms with Gasteiger partial charge in [-0.2, -0.15) is 0 Å². The Morgan fingerprint density at radius 1 is 1.29 bits per heavy atom. The van der Waals surface area contributed by atoms with Crippen LogP contribution in [0, 0.1) is 22.7 Å². The van der Waals surface area contributed by atoms with E-state index in [9.17, 15) is 0 Å². The first-order valence-corrected chi connectivity index (χ1v) is 8.79. The van der Waals surface area contributed by atoms with Crippen LogP contribution in [0.3, 0.4) is 0 Å². The maximum Gasteiger partial charge on any atom is 0.0614 e. The molecule has 2 aliphatic rings. The van der Waals surface area contributed by atoms with Crippen LogP contribution < -0.4 is 0 Å². The van der Waals surface area contributed by atoms with Gasteiger partial charge in [-0.05, 0) is 75.0 Å². The smallest absolute Gasteiger partial charge is 0.0614 e. The molecule has 1 heteroatoms. The fourth-order valence-electron chi connectivity index (χ4n) is 5.35. The van der Waals surface area contributed by atoms with Crippen molar-refractivity contribution in [2.75, 3.05) is 6.61 Å². The highest BCUT2D eigenvalue weighted by atomic mass is 16.2. The Balaban J connectivity index is 2.22. The zero-order chi connectivity index (χ0) is 15.7. The number of rotatable bonds is 5. The van der Waals surface area contributed by atoms with Gasteiger partial charge in [0.25, 0.3) is 0 Å². The first-order chi connectivity index (χ1) is 9.86. The SMILES string of the molecule is C=C(C)C12CCCC1C(C)(CCC(C)=CCO)C(C)CC2. The number of aliphatic hydroxyl groups is 1. The highest BCUT2D eigenvalue weighted by molar-refractivity contribution is 5.19.